The Hall–Kier alpha value is -0.880. The van der Waals surface area contributed by atoms with Gasteiger partial charge >= 0.3 is 0 Å². The average molecular weight is 271 g/mol. The van der Waals surface area contributed by atoms with Crippen LogP contribution in [0.15, 0.2) is 12.1 Å². The first kappa shape index (κ1) is 13.2. The van der Waals surface area contributed by atoms with Gasteiger partial charge in [0, 0.05) is 16.2 Å². The van der Waals surface area contributed by atoms with Crippen LogP contribution in [0.2, 0.25) is 0 Å². The van der Waals surface area contributed by atoms with E-state index in [1.54, 1.807) is 6.92 Å². The van der Waals surface area contributed by atoms with Crippen molar-refractivity contribution in [2.75, 3.05) is 6.61 Å². The molecule has 0 amide bonds. The summed E-state index contributed by atoms with van der Waals surface area (Å²) >= 11 is 0. The smallest absolute Gasteiger partial charge is 0.236 e. The van der Waals surface area contributed by atoms with Gasteiger partial charge in [0.05, 0.1) is 12.4 Å². The summed E-state index contributed by atoms with van der Waals surface area (Å²) in [5, 5.41) is 0. The monoisotopic (exact) mass is 270 g/mol. The number of halogens is 3. The summed E-state index contributed by atoms with van der Waals surface area (Å²) in [5.41, 5.74) is -0.323. The highest BCUT2D eigenvalue weighted by Crippen LogP contribution is 2.24. The molecule has 0 bridgehead atoms. The van der Waals surface area contributed by atoms with E-state index in [9.17, 15) is 17.2 Å². The van der Waals surface area contributed by atoms with Gasteiger partial charge in [0.25, 0.3) is 0 Å². The summed E-state index contributed by atoms with van der Waals surface area (Å²) in [4.78, 5) is 0. The zero-order chi connectivity index (χ0) is 12.3. The fourth-order valence-corrected chi connectivity index (χ4v) is 2.08. The minimum atomic E-state index is -3.92. The van der Waals surface area contributed by atoms with Gasteiger partial charge in [0.2, 0.25) is 14.9 Å². The van der Waals surface area contributed by atoms with Crippen molar-refractivity contribution in [1.29, 1.82) is 0 Å². The van der Waals surface area contributed by atoms with Crippen LogP contribution in [-0.4, -0.2) is 15.0 Å². The summed E-state index contributed by atoms with van der Waals surface area (Å²) in [6, 6.07) is 2.29. The number of hydrogen-bond donors (Lipinski definition) is 0. The van der Waals surface area contributed by atoms with Gasteiger partial charge in [-0.05, 0) is 13.0 Å². The van der Waals surface area contributed by atoms with E-state index in [4.69, 9.17) is 15.4 Å². The van der Waals surface area contributed by atoms with Gasteiger partial charge in [-0.3, -0.25) is 0 Å². The second kappa shape index (κ2) is 4.97. The average Bonchev–Trinajstić information content (AvgIpc) is 2.16. The maximum absolute atomic E-state index is 13.3. The molecule has 0 unspecified atom stereocenters. The molecular weight excluding hydrogens is 262 g/mol. The van der Waals surface area contributed by atoms with Crippen LogP contribution in [-0.2, 0) is 14.8 Å². The molecule has 16 heavy (non-hydrogen) atoms. The third-order valence-corrected chi connectivity index (χ3v) is 2.74. The van der Waals surface area contributed by atoms with E-state index in [0.29, 0.717) is 0 Å². The Morgan fingerprint density at radius 2 is 1.94 bits per heavy atom. The van der Waals surface area contributed by atoms with Gasteiger partial charge in [-0.15, -0.1) is 0 Å². The van der Waals surface area contributed by atoms with Crippen molar-refractivity contribution in [2.45, 2.75) is 12.7 Å². The highest BCUT2D eigenvalue weighted by Gasteiger charge is 2.18. The summed E-state index contributed by atoms with van der Waals surface area (Å²) in [6.07, 6.45) is 0. The molecule has 1 aromatic carbocycles. The lowest BCUT2D eigenvalue weighted by atomic mass is 10.2. The molecule has 0 atom stereocenters. The van der Waals surface area contributed by atoms with Crippen molar-refractivity contribution >= 4 is 19.7 Å². The number of rotatable bonds is 4. The first-order chi connectivity index (χ1) is 7.35. The molecule has 90 valence electrons. The van der Waals surface area contributed by atoms with Crippen molar-refractivity contribution in [3.05, 3.63) is 29.3 Å². The number of hydrogen-bond acceptors (Lipinski definition) is 3. The van der Waals surface area contributed by atoms with E-state index in [1.165, 1.54) is 6.07 Å². The van der Waals surface area contributed by atoms with Crippen LogP contribution < -0.4 is 4.74 Å². The van der Waals surface area contributed by atoms with Crippen LogP contribution in [0.5, 0.6) is 5.75 Å². The molecule has 0 radical (unpaired) electrons. The zero-order valence-electron chi connectivity index (χ0n) is 8.34. The van der Waals surface area contributed by atoms with E-state index in [2.05, 4.69) is 0 Å². The molecule has 0 spiro atoms. The molecule has 0 aliphatic heterocycles. The summed E-state index contributed by atoms with van der Waals surface area (Å²) in [7, 11) is 1.03. The molecule has 1 rings (SSSR count). The number of benzene rings is 1. The molecule has 0 aromatic heterocycles. The van der Waals surface area contributed by atoms with Gasteiger partial charge in [0.1, 0.15) is 0 Å². The van der Waals surface area contributed by atoms with Crippen molar-refractivity contribution in [1.82, 2.24) is 0 Å². The van der Waals surface area contributed by atoms with Gasteiger partial charge in [-0.25, -0.2) is 12.8 Å². The lowest BCUT2D eigenvalue weighted by molar-refractivity contribution is 0.313. The van der Waals surface area contributed by atoms with Crippen LogP contribution in [0, 0.1) is 11.6 Å². The fourth-order valence-electron chi connectivity index (χ4n) is 1.14. The Morgan fingerprint density at radius 3 is 2.44 bits per heavy atom. The van der Waals surface area contributed by atoms with Gasteiger partial charge in [-0.1, -0.05) is 6.07 Å². The van der Waals surface area contributed by atoms with Gasteiger partial charge in [-0.2, -0.15) is 4.39 Å². The first-order valence-electron chi connectivity index (χ1n) is 4.37. The van der Waals surface area contributed by atoms with Crippen LogP contribution >= 0.6 is 10.7 Å². The Labute approximate surface area is 96.4 Å². The van der Waals surface area contributed by atoms with E-state index in [1.807, 2.05) is 0 Å². The van der Waals surface area contributed by atoms with Gasteiger partial charge < -0.3 is 4.74 Å². The fraction of sp³-hybridized carbons (Fsp3) is 0.333. The Kier molecular flexibility index (Phi) is 4.09. The molecular formula is C9H9ClF2O3S. The lowest BCUT2D eigenvalue weighted by Crippen LogP contribution is -2.03. The molecule has 0 N–H and O–H groups in total. The molecule has 0 aliphatic rings. The Bertz CT molecular complexity index is 488. The quantitative estimate of drug-likeness (QED) is 0.789. The SMILES string of the molecule is CCOc1ccc(CS(=O)(=O)Cl)c(F)c1F. The first-order valence-corrected chi connectivity index (χ1v) is 6.85. The van der Waals surface area contributed by atoms with Gasteiger partial charge in [0.15, 0.2) is 11.6 Å². The maximum atomic E-state index is 13.3. The standard InChI is InChI=1S/C9H9ClF2O3S/c1-2-15-7-4-3-6(5-16(10,13)14)8(11)9(7)12/h3-4H,2,5H2,1H3. The molecule has 0 heterocycles. The number of ether oxygens (including phenoxy) is 1. The molecule has 0 saturated carbocycles. The normalized spacial score (nSPS) is 11.5. The van der Waals surface area contributed by atoms with Crippen molar-refractivity contribution < 1.29 is 21.9 Å². The van der Waals surface area contributed by atoms with Crippen LogP contribution in [0.3, 0.4) is 0 Å². The minimum Gasteiger partial charge on any atom is -0.491 e. The van der Waals surface area contributed by atoms with E-state index in [0.717, 1.165) is 6.07 Å². The maximum Gasteiger partial charge on any atom is 0.236 e. The third-order valence-electron chi connectivity index (χ3n) is 1.75. The largest absolute Gasteiger partial charge is 0.491 e. The molecule has 0 aliphatic carbocycles. The van der Waals surface area contributed by atoms with E-state index < -0.39 is 26.4 Å². The topological polar surface area (TPSA) is 43.4 Å². The molecule has 3 nitrogen and oxygen atoms in total. The van der Waals surface area contributed by atoms with Crippen molar-refractivity contribution in [2.24, 2.45) is 0 Å². The molecule has 0 saturated heterocycles. The highest BCUT2D eigenvalue weighted by atomic mass is 35.7. The summed E-state index contributed by atoms with van der Waals surface area (Å²) in [5.74, 6) is -3.48. The van der Waals surface area contributed by atoms with Crippen LogP contribution in [0.4, 0.5) is 8.78 Å². The highest BCUT2D eigenvalue weighted by molar-refractivity contribution is 8.13. The minimum absolute atomic E-state index is 0.184. The molecule has 0 fully saturated rings. The van der Waals surface area contributed by atoms with Crippen LogP contribution in [0.1, 0.15) is 12.5 Å². The predicted octanol–water partition coefficient (Wildman–Crippen LogP) is 2.43. The third kappa shape index (κ3) is 3.31. The summed E-state index contributed by atoms with van der Waals surface area (Å²) in [6.45, 7) is 1.80. The second-order valence-electron chi connectivity index (χ2n) is 2.97. The predicted molar refractivity (Wildman–Crippen MR) is 56.0 cm³/mol. The van der Waals surface area contributed by atoms with E-state index in [-0.39, 0.29) is 17.9 Å². The van der Waals surface area contributed by atoms with Crippen molar-refractivity contribution in [3.63, 3.8) is 0 Å². The summed E-state index contributed by atoms with van der Waals surface area (Å²) < 4.78 is 52.9. The lowest BCUT2D eigenvalue weighted by Gasteiger charge is -2.07. The van der Waals surface area contributed by atoms with Crippen LogP contribution in [0.25, 0.3) is 0 Å². The Morgan fingerprint density at radius 1 is 1.31 bits per heavy atom. The van der Waals surface area contributed by atoms with E-state index >= 15 is 0 Å². The Balaban J connectivity index is 3.12. The second-order valence-corrected chi connectivity index (χ2v) is 5.74. The zero-order valence-corrected chi connectivity index (χ0v) is 9.91. The molecule has 7 heteroatoms. The van der Waals surface area contributed by atoms with Crippen molar-refractivity contribution in [3.8, 4) is 5.75 Å². The molecule has 1 aromatic rings.